The number of carbonyl (C=O) groups is 2. The number of halogens is 2. The molecule has 1 aromatic carbocycles. The van der Waals surface area contributed by atoms with E-state index in [4.69, 9.17) is 0 Å². The molecule has 5 nitrogen and oxygen atoms in total. The molecule has 0 saturated carbocycles. The zero-order chi connectivity index (χ0) is 18.6. The summed E-state index contributed by atoms with van der Waals surface area (Å²) in [5, 5.41) is 16.8. The molecular weight excluding hydrogens is 350 g/mol. The molecule has 1 heterocycles. The predicted molar refractivity (Wildman–Crippen MR) is 90.2 cm³/mol. The van der Waals surface area contributed by atoms with Crippen molar-refractivity contribution in [3.8, 4) is 0 Å². The average molecular weight is 368 g/mol. The third kappa shape index (κ3) is 4.61. The minimum atomic E-state index is -1.56. The van der Waals surface area contributed by atoms with E-state index >= 15 is 0 Å². The van der Waals surface area contributed by atoms with Crippen molar-refractivity contribution in [1.82, 2.24) is 10.6 Å². The standard InChI is InChI=1S/C17H18F2N2O3S/c1-9(15(22)14-11(18)5-3-6-12(14)19)20-16(23)10(2)21-17(24)13-7-4-8-25-13/h3-10,15,22H,1-2H3,(H,20,23)(H,21,24). The van der Waals surface area contributed by atoms with Gasteiger partial charge in [-0.05, 0) is 37.4 Å². The number of amides is 2. The van der Waals surface area contributed by atoms with Gasteiger partial charge in [0.1, 0.15) is 23.8 Å². The Balaban J connectivity index is 1.98. The molecule has 3 N–H and O–H groups in total. The Hall–Kier alpha value is -2.32. The highest BCUT2D eigenvalue weighted by molar-refractivity contribution is 7.12. The minimum absolute atomic E-state index is 0.397. The summed E-state index contributed by atoms with van der Waals surface area (Å²) in [6.07, 6.45) is -1.56. The Bertz CT molecular complexity index is 732. The molecule has 3 atom stereocenters. The van der Waals surface area contributed by atoms with Gasteiger partial charge in [0, 0.05) is 0 Å². The van der Waals surface area contributed by atoms with Gasteiger partial charge in [0.2, 0.25) is 5.91 Å². The van der Waals surface area contributed by atoms with Crippen molar-refractivity contribution in [3.63, 3.8) is 0 Å². The maximum absolute atomic E-state index is 13.7. The predicted octanol–water partition coefficient (Wildman–Crippen LogP) is 2.38. The Morgan fingerprint density at radius 1 is 1.08 bits per heavy atom. The van der Waals surface area contributed by atoms with Gasteiger partial charge < -0.3 is 15.7 Å². The molecule has 0 bridgehead atoms. The molecule has 0 spiro atoms. The quantitative estimate of drug-likeness (QED) is 0.733. The van der Waals surface area contributed by atoms with E-state index in [1.54, 1.807) is 17.5 Å². The third-order valence-corrected chi connectivity index (χ3v) is 4.49. The second-order valence-electron chi connectivity index (χ2n) is 5.55. The topological polar surface area (TPSA) is 78.4 Å². The fraction of sp³-hybridized carbons (Fsp3) is 0.294. The van der Waals surface area contributed by atoms with Gasteiger partial charge in [0.15, 0.2) is 0 Å². The third-order valence-electron chi connectivity index (χ3n) is 3.62. The average Bonchev–Trinajstić information content (AvgIpc) is 3.08. The first-order chi connectivity index (χ1) is 11.8. The zero-order valence-electron chi connectivity index (χ0n) is 13.6. The van der Waals surface area contributed by atoms with Crippen molar-refractivity contribution >= 4 is 23.2 Å². The molecule has 2 aromatic rings. The second kappa shape index (κ2) is 8.17. The summed E-state index contributed by atoms with van der Waals surface area (Å²) < 4.78 is 27.4. The van der Waals surface area contributed by atoms with Crippen molar-refractivity contribution in [2.45, 2.75) is 32.0 Å². The summed E-state index contributed by atoms with van der Waals surface area (Å²) in [4.78, 5) is 24.5. The summed E-state index contributed by atoms with van der Waals surface area (Å²) in [6.45, 7) is 2.89. The van der Waals surface area contributed by atoms with Crippen LogP contribution < -0.4 is 10.6 Å². The number of carbonyl (C=O) groups excluding carboxylic acids is 2. The van der Waals surface area contributed by atoms with Gasteiger partial charge in [0.25, 0.3) is 5.91 Å². The van der Waals surface area contributed by atoms with E-state index in [9.17, 15) is 23.5 Å². The molecule has 1 aromatic heterocycles. The van der Waals surface area contributed by atoms with Crippen LogP contribution in [0.15, 0.2) is 35.7 Å². The van der Waals surface area contributed by atoms with Crippen molar-refractivity contribution in [2.75, 3.05) is 0 Å². The normalized spacial score (nSPS) is 14.4. The molecule has 0 radical (unpaired) electrons. The van der Waals surface area contributed by atoms with E-state index in [-0.39, 0.29) is 0 Å². The molecular formula is C17H18F2N2O3S. The maximum Gasteiger partial charge on any atom is 0.261 e. The van der Waals surface area contributed by atoms with Gasteiger partial charge in [-0.25, -0.2) is 8.78 Å². The van der Waals surface area contributed by atoms with Crippen LogP contribution in [0, 0.1) is 11.6 Å². The highest BCUT2D eigenvalue weighted by Crippen LogP contribution is 2.23. The van der Waals surface area contributed by atoms with Crippen LogP contribution >= 0.6 is 11.3 Å². The van der Waals surface area contributed by atoms with Crippen molar-refractivity contribution in [2.24, 2.45) is 0 Å². The summed E-state index contributed by atoms with van der Waals surface area (Å²) in [5.41, 5.74) is -0.509. The monoisotopic (exact) mass is 368 g/mol. The second-order valence-corrected chi connectivity index (χ2v) is 6.50. The van der Waals surface area contributed by atoms with E-state index in [1.807, 2.05) is 0 Å². The lowest BCUT2D eigenvalue weighted by molar-refractivity contribution is -0.124. The van der Waals surface area contributed by atoms with Crippen LogP contribution in [-0.2, 0) is 4.79 Å². The van der Waals surface area contributed by atoms with Crippen LogP contribution in [-0.4, -0.2) is 29.0 Å². The molecule has 0 aliphatic heterocycles. The lowest BCUT2D eigenvalue weighted by atomic mass is 10.0. The number of nitrogens with one attached hydrogen (secondary N) is 2. The fourth-order valence-electron chi connectivity index (χ4n) is 2.21. The number of hydrogen-bond acceptors (Lipinski definition) is 4. The molecule has 0 fully saturated rings. The van der Waals surface area contributed by atoms with Crippen molar-refractivity contribution in [1.29, 1.82) is 0 Å². The molecule has 2 rings (SSSR count). The number of aliphatic hydroxyl groups is 1. The van der Waals surface area contributed by atoms with Gasteiger partial charge in [-0.3, -0.25) is 9.59 Å². The highest BCUT2D eigenvalue weighted by Gasteiger charge is 2.26. The van der Waals surface area contributed by atoms with Crippen LogP contribution in [0.2, 0.25) is 0 Å². The molecule has 25 heavy (non-hydrogen) atoms. The smallest absolute Gasteiger partial charge is 0.261 e. The Labute approximate surface area is 147 Å². The SMILES string of the molecule is CC(NC(=O)c1cccs1)C(=O)NC(C)C(O)c1c(F)cccc1F. The molecule has 2 amide bonds. The van der Waals surface area contributed by atoms with E-state index in [0.717, 1.165) is 12.1 Å². The Morgan fingerprint density at radius 2 is 1.72 bits per heavy atom. The van der Waals surface area contributed by atoms with Crippen molar-refractivity contribution < 1.29 is 23.5 Å². The number of benzene rings is 1. The molecule has 8 heteroatoms. The van der Waals surface area contributed by atoms with Crippen LogP contribution in [0.5, 0.6) is 0 Å². The Morgan fingerprint density at radius 3 is 2.28 bits per heavy atom. The van der Waals surface area contributed by atoms with E-state index in [1.165, 1.54) is 31.3 Å². The molecule has 134 valence electrons. The Kier molecular flexibility index (Phi) is 6.22. The minimum Gasteiger partial charge on any atom is -0.386 e. The first-order valence-corrected chi connectivity index (χ1v) is 8.46. The maximum atomic E-state index is 13.7. The summed E-state index contributed by atoms with van der Waals surface area (Å²) in [6, 6.07) is 4.74. The zero-order valence-corrected chi connectivity index (χ0v) is 14.4. The fourth-order valence-corrected chi connectivity index (χ4v) is 2.84. The van der Waals surface area contributed by atoms with Gasteiger partial charge >= 0.3 is 0 Å². The van der Waals surface area contributed by atoms with E-state index in [2.05, 4.69) is 10.6 Å². The van der Waals surface area contributed by atoms with Crippen molar-refractivity contribution in [3.05, 3.63) is 57.8 Å². The first-order valence-electron chi connectivity index (χ1n) is 7.58. The lowest BCUT2D eigenvalue weighted by Gasteiger charge is -2.23. The molecule has 0 saturated heterocycles. The van der Waals surface area contributed by atoms with Crippen LogP contribution in [0.1, 0.15) is 35.2 Å². The number of rotatable bonds is 6. The highest BCUT2D eigenvalue weighted by atomic mass is 32.1. The van der Waals surface area contributed by atoms with Gasteiger partial charge in [-0.1, -0.05) is 12.1 Å². The molecule has 0 aliphatic rings. The van der Waals surface area contributed by atoms with Crippen LogP contribution in [0.3, 0.4) is 0 Å². The molecule has 3 unspecified atom stereocenters. The summed E-state index contributed by atoms with van der Waals surface area (Å²) in [5.74, 6) is -2.76. The number of hydrogen-bond donors (Lipinski definition) is 3. The summed E-state index contributed by atoms with van der Waals surface area (Å²) in [7, 11) is 0. The van der Waals surface area contributed by atoms with E-state index in [0.29, 0.717) is 4.88 Å². The van der Waals surface area contributed by atoms with Crippen LogP contribution in [0.25, 0.3) is 0 Å². The largest absolute Gasteiger partial charge is 0.386 e. The van der Waals surface area contributed by atoms with Gasteiger partial charge in [-0.15, -0.1) is 11.3 Å². The lowest BCUT2D eigenvalue weighted by Crippen LogP contribution is -2.48. The first kappa shape index (κ1) is 19.0. The van der Waals surface area contributed by atoms with Gasteiger partial charge in [0.05, 0.1) is 16.5 Å². The number of thiophene rings is 1. The van der Waals surface area contributed by atoms with E-state index < -0.39 is 47.2 Å². The van der Waals surface area contributed by atoms with Gasteiger partial charge in [-0.2, -0.15) is 0 Å². The number of aliphatic hydroxyl groups excluding tert-OH is 1. The molecule has 0 aliphatic carbocycles. The summed E-state index contributed by atoms with van der Waals surface area (Å²) >= 11 is 1.24. The van der Waals surface area contributed by atoms with Crippen LogP contribution in [0.4, 0.5) is 8.78 Å².